The lowest BCUT2D eigenvalue weighted by Gasteiger charge is -2.30. The minimum absolute atomic E-state index is 0.244. The molecule has 0 bridgehead atoms. The summed E-state index contributed by atoms with van der Waals surface area (Å²) in [6.45, 7) is 9.16. The lowest BCUT2D eigenvalue weighted by Crippen LogP contribution is -2.31. The quantitative estimate of drug-likeness (QED) is 0.832. The molecule has 0 aliphatic heterocycles. The van der Waals surface area contributed by atoms with Gasteiger partial charge in [0.25, 0.3) is 0 Å². The summed E-state index contributed by atoms with van der Waals surface area (Å²) in [6, 6.07) is 0.435. The maximum atomic E-state index is 6.24. The van der Waals surface area contributed by atoms with Gasteiger partial charge in [-0.3, -0.25) is 0 Å². The van der Waals surface area contributed by atoms with Gasteiger partial charge in [0.1, 0.15) is 11.5 Å². The molecule has 1 heterocycles. The molecular weight excluding hydrogens is 276 g/mol. The van der Waals surface area contributed by atoms with E-state index in [4.69, 9.17) is 10.5 Å². The molecule has 22 heavy (non-hydrogen) atoms. The van der Waals surface area contributed by atoms with Crippen molar-refractivity contribution in [2.75, 3.05) is 17.7 Å². The summed E-state index contributed by atoms with van der Waals surface area (Å²) < 4.78 is 5.72. The van der Waals surface area contributed by atoms with Gasteiger partial charge in [-0.15, -0.1) is 0 Å². The van der Waals surface area contributed by atoms with Crippen LogP contribution in [-0.4, -0.2) is 22.6 Å². The van der Waals surface area contributed by atoms with Crippen LogP contribution in [0.15, 0.2) is 0 Å². The second kappa shape index (κ2) is 7.65. The third-order valence-corrected chi connectivity index (χ3v) is 4.32. The summed E-state index contributed by atoms with van der Waals surface area (Å²) in [7, 11) is 0. The van der Waals surface area contributed by atoms with Gasteiger partial charge in [0.05, 0.1) is 6.61 Å². The van der Waals surface area contributed by atoms with Crippen LogP contribution in [0, 0.1) is 5.92 Å². The summed E-state index contributed by atoms with van der Waals surface area (Å²) in [6.07, 6.45) is 5.96. The van der Waals surface area contributed by atoms with Crippen molar-refractivity contribution < 1.29 is 4.74 Å². The van der Waals surface area contributed by atoms with Crippen molar-refractivity contribution in [1.82, 2.24) is 9.97 Å². The minimum atomic E-state index is 0.244. The Hall–Kier alpha value is -1.52. The highest BCUT2D eigenvalue weighted by molar-refractivity contribution is 5.67. The van der Waals surface area contributed by atoms with Crippen LogP contribution >= 0.6 is 0 Å². The number of nitrogens with one attached hydrogen (secondary N) is 1. The molecule has 1 aliphatic carbocycles. The number of ether oxygens (including phenoxy) is 1. The predicted octanol–water partition coefficient (Wildman–Crippen LogP) is 3.96. The lowest BCUT2D eigenvalue weighted by atomic mass is 9.86. The van der Waals surface area contributed by atoms with Crippen LogP contribution in [0.25, 0.3) is 0 Å². The van der Waals surface area contributed by atoms with Crippen molar-refractivity contribution in [1.29, 1.82) is 0 Å². The highest BCUT2D eigenvalue weighted by Crippen LogP contribution is 2.32. The van der Waals surface area contributed by atoms with Gasteiger partial charge in [0.2, 0.25) is 5.88 Å². The zero-order chi connectivity index (χ0) is 16.1. The fraction of sp³-hybridized carbons (Fsp3) is 0.765. The number of hydrogen-bond donors (Lipinski definition) is 2. The van der Waals surface area contributed by atoms with Crippen LogP contribution in [0.2, 0.25) is 0 Å². The van der Waals surface area contributed by atoms with E-state index in [1.54, 1.807) is 0 Å². The van der Waals surface area contributed by atoms with Crippen molar-refractivity contribution in [2.24, 2.45) is 5.92 Å². The number of aromatic nitrogens is 2. The molecule has 1 saturated carbocycles. The van der Waals surface area contributed by atoms with Gasteiger partial charge < -0.3 is 15.8 Å². The fourth-order valence-corrected chi connectivity index (χ4v) is 2.85. The van der Waals surface area contributed by atoms with Crippen LogP contribution in [0.4, 0.5) is 11.5 Å². The molecule has 0 radical (unpaired) electrons. The molecule has 1 aromatic rings. The van der Waals surface area contributed by atoms with Crippen molar-refractivity contribution in [2.45, 2.75) is 71.8 Å². The molecular formula is C17H30N4O. The Morgan fingerprint density at radius 2 is 2.00 bits per heavy atom. The third-order valence-electron chi connectivity index (χ3n) is 4.32. The molecule has 1 aromatic heterocycles. The number of rotatable bonds is 6. The van der Waals surface area contributed by atoms with E-state index in [-0.39, 0.29) is 5.92 Å². The van der Waals surface area contributed by atoms with Gasteiger partial charge in [-0.05, 0) is 25.2 Å². The Balaban J connectivity index is 2.25. The first-order valence-electron chi connectivity index (χ1n) is 8.59. The summed E-state index contributed by atoms with van der Waals surface area (Å²) in [5.74, 6) is 2.93. The first-order chi connectivity index (χ1) is 10.5. The first kappa shape index (κ1) is 16.8. The van der Waals surface area contributed by atoms with Crippen molar-refractivity contribution >= 4 is 11.5 Å². The first-order valence-corrected chi connectivity index (χ1v) is 8.59. The monoisotopic (exact) mass is 306 g/mol. The molecule has 0 amide bonds. The normalized spacial score (nSPS) is 21.9. The Labute approximate surface area is 134 Å². The van der Waals surface area contributed by atoms with E-state index in [0.717, 1.165) is 18.1 Å². The predicted molar refractivity (Wildman–Crippen MR) is 91.4 cm³/mol. The van der Waals surface area contributed by atoms with Crippen molar-refractivity contribution in [3.63, 3.8) is 0 Å². The Morgan fingerprint density at radius 3 is 2.64 bits per heavy atom. The maximum absolute atomic E-state index is 6.24. The van der Waals surface area contributed by atoms with Crippen molar-refractivity contribution in [3.05, 3.63) is 5.82 Å². The molecule has 2 atom stereocenters. The Morgan fingerprint density at radius 1 is 1.27 bits per heavy atom. The van der Waals surface area contributed by atoms with Crippen LogP contribution in [0.1, 0.15) is 71.5 Å². The van der Waals surface area contributed by atoms with E-state index in [9.17, 15) is 0 Å². The van der Waals surface area contributed by atoms with Gasteiger partial charge >= 0.3 is 0 Å². The average molecular weight is 306 g/mol. The summed E-state index contributed by atoms with van der Waals surface area (Å²) in [4.78, 5) is 9.13. The van der Waals surface area contributed by atoms with E-state index in [1.807, 2.05) is 0 Å². The van der Waals surface area contributed by atoms with Gasteiger partial charge in [-0.25, -0.2) is 4.98 Å². The molecule has 3 N–H and O–H groups in total. The number of nitrogens with zero attached hydrogens (tertiary/aromatic N) is 2. The van der Waals surface area contributed by atoms with Crippen LogP contribution in [-0.2, 0) is 0 Å². The topological polar surface area (TPSA) is 73.1 Å². The maximum Gasteiger partial charge on any atom is 0.242 e. The molecule has 1 fully saturated rings. The van der Waals surface area contributed by atoms with Crippen LogP contribution in [0.3, 0.4) is 0 Å². The molecule has 124 valence electrons. The van der Waals surface area contributed by atoms with E-state index >= 15 is 0 Å². The SMILES string of the molecule is CCCOc1nc(C(C)C)nc(NC2CCCCC2C)c1N. The molecule has 5 heteroatoms. The van der Waals surface area contributed by atoms with Gasteiger partial charge in [0.15, 0.2) is 5.82 Å². The molecule has 5 nitrogen and oxygen atoms in total. The molecule has 2 rings (SSSR count). The molecule has 0 aromatic carbocycles. The second-order valence-electron chi connectivity index (χ2n) is 6.66. The number of nitrogens with two attached hydrogens (primary N) is 1. The Kier molecular flexibility index (Phi) is 5.86. The third kappa shape index (κ3) is 4.02. The number of hydrogen-bond acceptors (Lipinski definition) is 5. The fourth-order valence-electron chi connectivity index (χ4n) is 2.85. The van der Waals surface area contributed by atoms with E-state index in [1.165, 1.54) is 25.7 Å². The number of anilines is 2. The highest BCUT2D eigenvalue weighted by atomic mass is 16.5. The summed E-state index contributed by atoms with van der Waals surface area (Å²) >= 11 is 0. The van der Waals surface area contributed by atoms with Gasteiger partial charge in [0, 0.05) is 12.0 Å². The van der Waals surface area contributed by atoms with E-state index < -0.39 is 0 Å². The van der Waals surface area contributed by atoms with Crippen LogP contribution < -0.4 is 15.8 Å². The smallest absolute Gasteiger partial charge is 0.242 e. The van der Waals surface area contributed by atoms with E-state index in [0.29, 0.717) is 30.1 Å². The zero-order valence-electron chi connectivity index (χ0n) is 14.4. The molecule has 0 saturated heterocycles. The van der Waals surface area contributed by atoms with Crippen molar-refractivity contribution in [3.8, 4) is 5.88 Å². The Bertz CT molecular complexity index is 490. The summed E-state index contributed by atoms with van der Waals surface area (Å²) in [5.41, 5.74) is 6.78. The van der Waals surface area contributed by atoms with E-state index in [2.05, 4.69) is 43.0 Å². The zero-order valence-corrected chi connectivity index (χ0v) is 14.4. The van der Waals surface area contributed by atoms with Crippen LogP contribution in [0.5, 0.6) is 5.88 Å². The van der Waals surface area contributed by atoms with Gasteiger partial charge in [-0.2, -0.15) is 4.98 Å². The molecule has 2 unspecified atom stereocenters. The standard InChI is InChI=1S/C17H30N4O/c1-5-10-22-17-14(18)16(20-15(21-17)11(2)3)19-13-9-7-6-8-12(13)4/h11-13H,5-10,18H2,1-4H3,(H,19,20,21). The average Bonchev–Trinajstić information content (AvgIpc) is 2.50. The largest absolute Gasteiger partial charge is 0.476 e. The second-order valence-corrected chi connectivity index (χ2v) is 6.66. The lowest BCUT2D eigenvalue weighted by molar-refractivity contribution is 0.305. The highest BCUT2D eigenvalue weighted by Gasteiger charge is 2.24. The minimum Gasteiger partial charge on any atom is -0.476 e. The summed E-state index contributed by atoms with van der Waals surface area (Å²) in [5, 5.41) is 3.55. The van der Waals surface area contributed by atoms with Gasteiger partial charge in [-0.1, -0.05) is 40.5 Å². The molecule has 0 spiro atoms. The molecule has 1 aliphatic rings. The number of nitrogen functional groups attached to an aromatic ring is 1.